The van der Waals surface area contributed by atoms with Crippen LogP contribution >= 0.6 is 23.5 Å². The van der Waals surface area contributed by atoms with E-state index in [4.69, 9.17) is 20.0 Å². The van der Waals surface area contributed by atoms with Gasteiger partial charge >= 0.3 is 23.5 Å². The van der Waals surface area contributed by atoms with Crippen LogP contribution in [0.5, 0.6) is 0 Å². The second-order valence-electron chi connectivity index (χ2n) is 7.51. The maximum absolute atomic E-state index is 11.9. The second kappa shape index (κ2) is 8.82. The Morgan fingerprint density at radius 1 is 1.09 bits per heavy atom. The number of nitrogens with two attached hydrogens (primary N) is 1. The molecule has 2 aliphatic rings. The Morgan fingerprint density at radius 2 is 1.82 bits per heavy atom. The summed E-state index contributed by atoms with van der Waals surface area (Å²) < 4.78 is 47.8. The van der Waals surface area contributed by atoms with Crippen LogP contribution in [0.1, 0.15) is 25.3 Å². The van der Waals surface area contributed by atoms with Gasteiger partial charge in [0, 0.05) is 12.0 Å². The van der Waals surface area contributed by atoms with Crippen molar-refractivity contribution in [2.75, 3.05) is 17.7 Å². The maximum atomic E-state index is 11.9. The molecule has 2 aromatic heterocycles. The topological polar surface area (TPSA) is 241 Å². The van der Waals surface area contributed by atoms with Crippen LogP contribution in [0.25, 0.3) is 11.2 Å². The Hall–Kier alpha value is -1.70. The summed E-state index contributed by atoms with van der Waals surface area (Å²) in [5, 5.41) is 3.26. The average molecular weight is 526 g/mol. The summed E-state index contributed by atoms with van der Waals surface area (Å²) in [6.45, 7) is -0.394. The van der Waals surface area contributed by atoms with Gasteiger partial charge in [-0.1, -0.05) is 12.2 Å². The van der Waals surface area contributed by atoms with E-state index in [0.717, 1.165) is 12.8 Å². The molecule has 2 aromatic rings. The number of phosphoric acid groups is 3. The van der Waals surface area contributed by atoms with Crippen LogP contribution in [0.4, 0.5) is 11.8 Å². The number of nitrogens with zero attached hydrogens (tertiary/aromatic N) is 4. The molecule has 1 saturated carbocycles. The molecule has 182 valence electrons. The van der Waals surface area contributed by atoms with Crippen LogP contribution in [0, 0.1) is 5.92 Å². The van der Waals surface area contributed by atoms with Gasteiger partial charge in [0.15, 0.2) is 17.0 Å². The summed E-state index contributed by atoms with van der Waals surface area (Å²) in [5.41, 5.74) is 6.91. The summed E-state index contributed by atoms with van der Waals surface area (Å²) in [4.78, 5) is 48.8. The second-order valence-corrected chi connectivity index (χ2v) is 11.9. The molecule has 2 heterocycles. The zero-order chi connectivity index (χ0) is 24.0. The van der Waals surface area contributed by atoms with E-state index in [-0.39, 0.29) is 12.0 Å². The van der Waals surface area contributed by atoms with Gasteiger partial charge in [-0.2, -0.15) is 18.6 Å². The van der Waals surface area contributed by atoms with Gasteiger partial charge in [0.05, 0.1) is 19.0 Å². The number of rotatable bonds is 10. The lowest BCUT2D eigenvalue weighted by molar-refractivity contribution is 0.159. The first kappa shape index (κ1) is 24.4. The SMILES string of the molecule is Nc1nc(NC2CC2)c2ncn([C@@H]3C=C[C@H](COP(=O)(O)OP(=O)(O)OP(=O)(O)O)C3)c2n1. The van der Waals surface area contributed by atoms with E-state index in [1.54, 1.807) is 23.0 Å². The highest BCUT2D eigenvalue weighted by Gasteiger charge is 2.41. The number of imidazole rings is 1. The fourth-order valence-electron chi connectivity index (χ4n) is 3.27. The minimum Gasteiger partial charge on any atom is -0.368 e. The van der Waals surface area contributed by atoms with E-state index in [1.165, 1.54) is 0 Å². The number of hydrogen-bond acceptors (Lipinski definition) is 11. The molecular formula is C14H21N6O10P3. The van der Waals surface area contributed by atoms with Crippen molar-refractivity contribution in [3.63, 3.8) is 0 Å². The third-order valence-electron chi connectivity index (χ3n) is 4.73. The quantitative estimate of drug-likeness (QED) is 0.189. The predicted molar refractivity (Wildman–Crippen MR) is 112 cm³/mol. The lowest BCUT2D eigenvalue weighted by Crippen LogP contribution is -2.11. The fourth-order valence-corrected chi connectivity index (χ4v) is 6.35. The van der Waals surface area contributed by atoms with Crippen molar-refractivity contribution in [3.05, 3.63) is 18.5 Å². The standard InChI is InChI=1S/C14H21N6O10P3/c15-14-18-12(17-9-2-3-9)11-13(19-14)20(7-16-11)10-4-1-8(5-10)6-28-32(24,25)30-33(26,27)29-31(21,22)23/h1,4,7-10H,2-3,5-6H2,(H,24,25)(H,26,27)(H2,21,22,23)(H3,15,17,18,19)/t8-,10+/m0/s1. The van der Waals surface area contributed by atoms with E-state index in [1.807, 2.05) is 0 Å². The Morgan fingerprint density at radius 3 is 2.48 bits per heavy atom. The zero-order valence-corrected chi connectivity index (χ0v) is 19.4. The van der Waals surface area contributed by atoms with Gasteiger partial charge in [-0.15, -0.1) is 0 Å². The molecule has 0 spiro atoms. The van der Waals surface area contributed by atoms with Crippen molar-refractivity contribution in [1.82, 2.24) is 19.5 Å². The molecule has 1 fully saturated rings. The van der Waals surface area contributed by atoms with E-state index in [9.17, 15) is 23.5 Å². The summed E-state index contributed by atoms with van der Waals surface area (Å²) >= 11 is 0. The molecule has 2 unspecified atom stereocenters. The smallest absolute Gasteiger partial charge is 0.368 e. The van der Waals surface area contributed by atoms with E-state index in [0.29, 0.717) is 29.4 Å². The molecular weight excluding hydrogens is 505 g/mol. The third kappa shape index (κ3) is 6.46. The number of nitrogens with one attached hydrogen (secondary N) is 1. The van der Waals surface area contributed by atoms with Gasteiger partial charge in [0.1, 0.15) is 0 Å². The Kier molecular flexibility index (Phi) is 6.53. The molecule has 0 aliphatic heterocycles. The molecule has 0 saturated heterocycles. The molecule has 4 atom stereocenters. The first-order valence-electron chi connectivity index (χ1n) is 9.53. The van der Waals surface area contributed by atoms with Crippen LogP contribution < -0.4 is 11.1 Å². The van der Waals surface area contributed by atoms with Gasteiger partial charge in [-0.3, -0.25) is 4.52 Å². The van der Waals surface area contributed by atoms with Crippen LogP contribution in [0.2, 0.25) is 0 Å². The summed E-state index contributed by atoms with van der Waals surface area (Å²) in [6, 6.07) is 0.0888. The minimum atomic E-state index is -5.55. The lowest BCUT2D eigenvalue weighted by atomic mass is 10.1. The van der Waals surface area contributed by atoms with Crippen molar-refractivity contribution in [2.45, 2.75) is 31.3 Å². The number of phosphoric ester groups is 1. The third-order valence-corrected chi connectivity index (χ3v) is 8.53. The van der Waals surface area contributed by atoms with Gasteiger partial charge < -0.3 is 35.2 Å². The number of fused-ring (bicyclic) bond motifs is 1. The van der Waals surface area contributed by atoms with Gasteiger partial charge in [-0.25, -0.2) is 18.7 Å². The molecule has 4 rings (SSSR count). The number of anilines is 2. The largest absolute Gasteiger partial charge is 0.490 e. The fraction of sp³-hybridized carbons (Fsp3) is 0.500. The number of allylic oxidation sites excluding steroid dienone is 1. The van der Waals surface area contributed by atoms with Crippen LogP contribution in [0.15, 0.2) is 18.5 Å². The first-order chi connectivity index (χ1) is 15.3. The Labute approximate surface area is 186 Å². The highest BCUT2D eigenvalue weighted by atomic mass is 31.3. The number of aromatic nitrogens is 4. The zero-order valence-electron chi connectivity index (χ0n) is 16.7. The Bertz CT molecular complexity index is 1230. The van der Waals surface area contributed by atoms with Crippen molar-refractivity contribution >= 4 is 46.4 Å². The average Bonchev–Trinajstić information content (AvgIpc) is 3.17. The van der Waals surface area contributed by atoms with Crippen molar-refractivity contribution in [3.8, 4) is 0 Å². The van der Waals surface area contributed by atoms with Crippen molar-refractivity contribution < 1.29 is 46.4 Å². The predicted octanol–water partition coefficient (Wildman–Crippen LogP) is 1.44. The monoisotopic (exact) mass is 526 g/mol. The minimum absolute atomic E-state index is 0.0820. The number of nitrogen functional groups attached to an aromatic ring is 1. The molecule has 0 bridgehead atoms. The van der Waals surface area contributed by atoms with E-state index in [2.05, 4.69) is 28.9 Å². The molecule has 2 aliphatic carbocycles. The summed E-state index contributed by atoms with van der Waals surface area (Å²) in [7, 11) is -16.2. The first-order valence-corrected chi connectivity index (χ1v) is 14.1. The molecule has 0 amide bonds. The van der Waals surface area contributed by atoms with Crippen molar-refractivity contribution in [2.24, 2.45) is 5.92 Å². The summed E-state index contributed by atoms with van der Waals surface area (Å²) in [5.74, 6) is 0.226. The highest BCUT2D eigenvalue weighted by molar-refractivity contribution is 7.66. The normalized spacial score (nSPS) is 24.6. The van der Waals surface area contributed by atoms with Crippen LogP contribution in [-0.2, 0) is 26.8 Å². The van der Waals surface area contributed by atoms with Gasteiger partial charge in [0.2, 0.25) is 5.95 Å². The molecule has 0 radical (unpaired) electrons. The summed E-state index contributed by atoms with van der Waals surface area (Å²) in [6.07, 6.45) is 7.56. The molecule has 33 heavy (non-hydrogen) atoms. The van der Waals surface area contributed by atoms with E-state index < -0.39 is 36.0 Å². The van der Waals surface area contributed by atoms with Crippen molar-refractivity contribution in [1.29, 1.82) is 0 Å². The Balaban J connectivity index is 1.39. The maximum Gasteiger partial charge on any atom is 0.490 e. The van der Waals surface area contributed by atoms with E-state index >= 15 is 0 Å². The molecule has 7 N–H and O–H groups in total. The molecule has 16 nitrogen and oxygen atoms in total. The number of hydrogen-bond donors (Lipinski definition) is 6. The van der Waals surface area contributed by atoms with Gasteiger partial charge in [0.25, 0.3) is 0 Å². The van der Waals surface area contributed by atoms with Crippen LogP contribution in [0.3, 0.4) is 0 Å². The lowest BCUT2D eigenvalue weighted by Gasteiger charge is -2.18. The molecule has 0 aromatic carbocycles. The molecule has 19 heteroatoms. The van der Waals surface area contributed by atoms with Gasteiger partial charge in [-0.05, 0) is 19.3 Å². The van der Waals surface area contributed by atoms with Crippen LogP contribution in [-0.4, -0.2) is 51.7 Å². The highest BCUT2D eigenvalue weighted by Crippen LogP contribution is 2.66.